The molecular formula is C10H19N3O. The summed E-state index contributed by atoms with van der Waals surface area (Å²) < 4.78 is 0. The number of amides is 1. The number of nitrogens with two attached hydrogens (primary N) is 1. The standard InChI is InChI=1S/C10H19N3O/c1-7-6-12-10(14)9(4-5-11)13(7)8-2-3-8/h7-9H,2-6,11H2,1H3,(H,12,14). The minimum Gasteiger partial charge on any atom is -0.353 e. The van der Waals surface area contributed by atoms with Crippen molar-refractivity contribution in [3.63, 3.8) is 0 Å². The second-order valence-corrected chi connectivity index (χ2v) is 4.37. The summed E-state index contributed by atoms with van der Waals surface area (Å²) in [6, 6.07) is 1.14. The molecule has 1 saturated carbocycles. The molecule has 1 heterocycles. The number of carbonyl (C=O) groups excluding carboxylic acids is 1. The lowest BCUT2D eigenvalue weighted by Crippen LogP contribution is -2.60. The Bertz CT molecular complexity index is 227. The van der Waals surface area contributed by atoms with E-state index in [0.717, 1.165) is 13.0 Å². The summed E-state index contributed by atoms with van der Waals surface area (Å²) in [4.78, 5) is 14.0. The largest absolute Gasteiger partial charge is 0.353 e. The van der Waals surface area contributed by atoms with Gasteiger partial charge in [-0.1, -0.05) is 0 Å². The molecule has 14 heavy (non-hydrogen) atoms. The lowest BCUT2D eigenvalue weighted by molar-refractivity contribution is -0.131. The number of hydrogen-bond acceptors (Lipinski definition) is 3. The Morgan fingerprint density at radius 3 is 2.86 bits per heavy atom. The van der Waals surface area contributed by atoms with Gasteiger partial charge in [-0.05, 0) is 32.7 Å². The van der Waals surface area contributed by atoms with E-state index in [1.54, 1.807) is 0 Å². The normalized spacial score (nSPS) is 34.3. The van der Waals surface area contributed by atoms with Crippen molar-refractivity contribution in [2.24, 2.45) is 5.73 Å². The zero-order valence-electron chi connectivity index (χ0n) is 8.70. The smallest absolute Gasteiger partial charge is 0.237 e. The number of carbonyl (C=O) groups is 1. The third-order valence-corrected chi connectivity index (χ3v) is 3.15. The van der Waals surface area contributed by atoms with E-state index in [0.29, 0.717) is 18.6 Å². The first-order chi connectivity index (χ1) is 6.74. The highest BCUT2D eigenvalue weighted by molar-refractivity contribution is 5.82. The predicted molar refractivity (Wildman–Crippen MR) is 54.8 cm³/mol. The lowest BCUT2D eigenvalue weighted by atomic mass is 10.0. The Labute approximate surface area is 84.8 Å². The van der Waals surface area contributed by atoms with Gasteiger partial charge in [0.05, 0.1) is 6.04 Å². The highest BCUT2D eigenvalue weighted by Crippen LogP contribution is 2.32. The maximum Gasteiger partial charge on any atom is 0.237 e. The van der Waals surface area contributed by atoms with E-state index in [1.807, 2.05) is 0 Å². The first-order valence-electron chi connectivity index (χ1n) is 5.49. The second kappa shape index (κ2) is 3.87. The Hall–Kier alpha value is -0.610. The van der Waals surface area contributed by atoms with Gasteiger partial charge >= 0.3 is 0 Å². The van der Waals surface area contributed by atoms with Crippen molar-refractivity contribution in [1.82, 2.24) is 10.2 Å². The molecule has 1 saturated heterocycles. The monoisotopic (exact) mass is 197 g/mol. The number of nitrogens with zero attached hydrogens (tertiary/aromatic N) is 1. The van der Waals surface area contributed by atoms with Gasteiger partial charge in [-0.15, -0.1) is 0 Å². The molecule has 0 aromatic rings. The molecular weight excluding hydrogens is 178 g/mol. The van der Waals surface area contributed by atoms with Gasteiger partial charge in [-0.3, -0.25) is 9.69 Å². The molecule has 0 bridgehead atoms. The summed E-state index contributed by atoms with van der Waals surface area (Å²) in [5.74, 6) is 0.167. The summed E-state index contributed by atoms with van der Waals surface area (Å²) >= 11 is 0. The van der Waals surface area contributed by atoms with Crippen molar-refractivity contribution in [3.8, 4) is 0 Å². The van der Waals surface area contributed by atoms with Gasteiger partial charge in [0.2, 0.25) is 5.91 Å². The first-order valence-corrected chi connectivity index (χ1v) is 5.49. The van der Waals surface area contributed by atoms with Crippen molar-refractivity contribution in [1.29, 1.82) is 0 Å². The third kappa shape index (κ3) is 1.77. The average Bonchev–Trinajstić information content (AvgIpc) is 2.95. The van der Waals surface area contributed by atoms with E-state index in [1.165, 1.54) is 12.8 Å². The van der Waals surface area contributed by atoms with Crippen LogP contribution in [0.5, 0.6) is 0 Å². The Kier molecular flexibility index (Phi) is 2.74. The molecule has 0 spiro atoms. The second-order valence-electron chi connectivity index (χ2n) is 4.37. The molecule has 2 rings (SSSR count). The van der Waals surface area contributed by atoms with Crippen molar-refractivity contribution in [2.45, 2.75) is 44.3 Å². The molecule has 4 nitrogen and oxygen atoms in total. The van der Waals surface area contributed by atoms with Gasteiger partial charge in [-0.25, -0.2) is 0 Å². The van der Waals surface area contributed by atoms with Crippen LogP contribution in [0.3, 0.4) is 0 Å². The first kappa shape index (κ1) is 9.93. The van der Waals surface area contributed by atoms with Crippen LogP contribution >= 0.6 is 0 Å². The van der Waals surface area contributed by atoms with Crippen LogP contribution in [-0.4, -0.2) is 42.0 Å². The zero-order valence-corrected chi connectivity index (χ0v) is 8.70. The van der Waals surface area contributed by atoms with E-state index in [2.05, 4.69) is 17.1 Å². The topological polar surface area (TPSA) is 58.4 Å². The molecule has 3 N–H and O–H groups in total. The maximum atomic E-state index is 11.7. The Morgan fingerprint density at radius 2 is 2.29 bits per heavy atom. The van der Waals surface area contributed by atoms with Gasteiger partial charge in [0.15, 0.2) is 0 Å². The molecule has 2 atom stereocenters. The molecule has 1 aliphatic heterocycles. The van der Waals surface area contributed by atoms with Gasteiger partial charge in [0.25, 0.3) is 0 Å². The summed E-state index contributed by atoms with van der Waals surface area (Å²) in [6.07, 6.45) is 3.28. The molecule has 0 radical (unpaired) electrons. The quantitative estimate of drug-likeness (QED) is 0.652. The van der Waals surface area contributed by atoms with Gasteiger partial charge < -0.3 is 11.1 Å². The predicted octanol–water partition coefficient (Wildman–Crippen LogP) is -0.313. The van der Waals surface area contributed by atoms with E-state index in [-0.39, 0.29) is 11.9 Å². The summed E-state index contributed by atoms with van der Waals surface area (Å²) in [6.45, 7) is 3.56. The molecule has 1 amide bonds. The van der Waals surface area contributed by atoms with E-state index in [9.17, 15) is 4.79 Å². The van der Waals surface area contributed by atoms with E-state index < -0.39 is 0 Å². The van der Waals surface area contributed by atoms with Crippen molar-refractivity contribution >= 4 is 5.91 Å². The summed E-state index contributed by atoms with van der Waals surface area (Å²) in [5.41, 5.74) is 5.54. The summed E-state index contributed by atoms with van der Waals surface area (Å²) in [5, 5.41) is 2.94. The third-order valence-electron chi connectivity index (χ3n) is 3.15. The van der Waals surface area contributed by atoms with Crippen LogP contribution in [0, 0.1) is 0 Å². The molecule has 4 heteroatoms. The average molecular weight is 197 g/mol. The fourth-order valence-electron chi connectivity index (χ4n) is 2.34. The zero-order chi connectivity index (χ0) is 10.1. The van der Waals surface area contributed by atoms with Crippen molar-refractivity contribution in [3.05, 3.63) is 0 Å². The van der Waals surface area contributed by atoms with Gasteiger partial charge in [0.1, 0.15) is 0 Å². The number of nitrogens with one attached hydrogen (secondary N) is 1. The highest BCUT2D eigenvalue weighted by atomic mass is 16.2. The van der Waals surface area contributed by atoms with Crippen molar-refractivity contribution in [2.75, 3.05) is 13.1 Å². The van der Waals surface area contributed by atoms with Gasteiger partial charge in [-0.2, -0.15) is 0 Å². The fraction of sp³-hybridized carbons (Fsp3) is 0.900. The fourth-order valence-corrected chi connectivity index (χ4v) is 2.34. The highest BCUT2D eigenvalue weighted by Gasteiger charge is 2.41. The van der Waals surface area contributed by atoms with Crippen LogP contribution in [0.2, 0.25) is 0 Å². The van der Waals surface area contributed by atoms with Crippen LogP contribution in [0.25, 0.3) is 0 Å². The molecule has 80 valence electrons. The Balaban J connectivity index is 2.07. The van der Waals surface area contributed by atoms with E-state index >= 15 is 0 Å². The Morgan fingerprint density at radius 1 is 1.57 bits per heavy atom. The van der Waals surface area contributed by atoms with Crippen LogP contribution in [0.15, 0.2) is 0 Å². The van der Waals surface area contributed by atoms with Crippen LogP contribution < -0.4 is 11.1 Å². The number of rotatable bonds is 3. The number of piperazine rings is 1. The molecule has 2 aliphatic rings. The minimum absolute atomic E-state index is 0.0243. The molecule has 2 fully saturated rings. The maximum absolute atomic E-state index is 11.7. The van der Waals surface area contributed by atoms with Crippen LogP contribution in [0.1, 0.15) is 26.2 Å². The molecule has 0 aromatic heterocycles. The minimum atomic E-state index is 0.0243. The van der Waals surface area contributed by atoms with Crippen LogP contribution in [0.4, 0.5) is 0 Å². The molecule has 0 aromatic carbocycles. The molecule has 1 aliphatic carbocycles. The van der Waals surface area contributed by atoms with Gasteiger partial charge in [0, 0.05) is 18.6 Å². The van der Waals surface area contributed by atoms with Crippen LogP contribution in [-0.2, 0) is 4.79 Å². The number of hydrogen-bond donors (Lipinski definition) is 2. The van der Waals surface area contributed by atoms with E-state index in [4.69, 9.17) is 5.73 Å². The SMILES string of the molecule is CC1CNC(=O)C(CCN)N1C1CC1. The summed E-state index contributed by atoms with van der Waals surface area (Å²) in [7, 11) is 0. The lowest BCUT2D eigenvalue weighted by Gasteiger charge is -2.40. The van der Waals surface area contributed by atoms with Crippen molar-refractivity contribution < 1.29 is 4.79 Å². The molecule has 2 unspecified atom stereocenters.